The molecule has 1 aromatic rings. The smallest absolute Gasteiger partial charge is 0.162 e. The highest BCUT2D eigenvalue weighted by atomic mass is 32.3. The zero-order valence-electron chi connectivity index (χ0n) is 11.2. The molecule has 0 N–H and O–H groups in total. The average molecular weight is 403 g/mol. The summed E-state index contributed by atoms with van der Waals surface area (Å²) < 4.78 is 17.3. The predicted molar refractivity (Wildman–Crippen MR) is 103 cm³/mol. The average Bonchev–Trinajstić information content (AvgIpc) is 3.15. The van der Waals surface area contributed by atoms with E-state index in [0.717, 1.165) is 11.5 Å². The van der Waals surface area contributed by atoms with Gasteiger partial charge in [-0.05, 0) is 12.1 Å². The summed E-state index contributed by atoms with van der Waals surface area (Å²) in [6.07, 6.45) is 0. The molecule has 5 rings (SSSR count). The van der Waals surface area contributed by atoms with Crippen LogP contribution in [0.2, 0.25) is 0 Å². The summed E-state index contributed by atoms with van der Waals surface area (Å²) in [4.78, 5) is 2.59. The van der Waals surface area contributed by atoms with Crippen LogP contribution < -0.4 is 9.47 Å². The molecule has 0 fully saturated rings. The Morgan fingerprint density at radius 3 is 1.68 bits per heavy atom. The van der Waals surface area contributed by atoms with Crippen molar-refractivity contribution in [3.05, 3.63) is 29.1 Å². The maximum Gasteiger partial charge on any atom is 0.162 e. The third-order valence-corrected chi connectivity index (χ3v) is 12.1. The molecule has 4 aliphatic heterocycles. The fourth-order valence-electron chi connectivity index (χ4n) is 2.32. The number of thioether (sulfide) groups is 6. The maximum absolute atomic E-state index is 5.70. The number of ether oxygens (including phenoxy) is 2. The predicted octanol–water partition coefficient (Wildman–Crippen LogP) is 5.87. The SMILES string of the molecule is c1c2c(cc3c1SC(=C1SC4=C(SCCS4)S1)S3)OCCO2. The molecule has 0 aliphatic carbocycles. The second-order valence-corrected chi connectivity index (χ2v) is 12.1. The van der Waals surface area contributed by atoms with Gasteiger partial charge in [0.15, 0.2) is 11.5 Å². The molecule has 0 saturated carbocycles. The normalized spacial score (nSPS) is 22.9. The molecule has 1 aromatic carbocycles. The molecule has 0 aromatic heterocycles. The van der Waals surface area contributed by atoms with Crippen LogP contribution in [0.5, 0.6) is 11.5 Å². The van der Waals surface area contributed by atoms with E-state index in [1.165, 1.54) is 38.2 Å². The van der Waals surface area contributed by atoms with Gasteiger partial charge in [-0.3, -0.25) is 0 Å². The Labute approximate surface area is 154 Å². The van der Waals surface area contributed by atoms with E-state index < -0.39 is 0 Å². The van der Waals surface area contributed by atoms with Gasteiger partial charge in [-0.1, -0.05) is 47.0 Å². The first-order valence-electron chi connectivity index (χ1n) is 6.76. The van der Waals surface area contributed by atoms with Gasteiger partial charge in [0.25, 0.3) is 0 Å². The zero-order valence-corrected chi connectivity index (χ0v) is 16.1. The molecule has 114 valence electrons. The molecule has 8 heteroatoms. The minimum absolute atomic E-state index is 0.647. The lowest BCUT2D eigenvalue weighted by Gasteiger charge is -2.18. The fraction of sp³-hybridized carbons (Fsp3) is 0.286. The largest absolute Gasteiger partial charge is 0.486 e. The van der Waals surface area contributed by atoms with Gasteiger partial charge in [-0.25, -0.2) is 0 Å². The van der Waals surface area contributed by atoms with Crippen molar-refractivity contribution < 1.29 is 9.47 Å². The molecular formula is C14H10O2S6. The highest BCUT2D eigenvalue weighted by Crippen LogP contribution is 2.65. The van der Waals surface area contributed by atoms with Crippen LogP contribution in [0.15, 0.2) is 38.9 Å². The van der Waals surface area contributed by atoms with E-state index in [1.807, 2.05) is 70.6 Å². The van der Waals surface area contributed by atoms with Crippen molar-refractivity contribution in [2.75, 3.05) is 24.7 Å². The van der Waals surface area contributed by atoms with E-state index in [-0.39, 0.29) is 0 Å². The van der Waals surface area contributed by atoms with Gasteiger partial charge in [-0.15, -0.1) is 23.5 Å². The van der Waals surface area contributed by atoms with Crippen LogP contribution in [-0.4, -0.2) is 24.7 Å². The quantitative estimate of drug-likeness (QED) is 0.529. The summed E-state index contributed by atoms with van der Waals surface area (Å²) in [5.74, 6) is 4.25. The number of fused-ring (bicyclic) bond motifs is 2. The molecule has 22 heavy (non-hydrogen) atoms. The van der Waals surface area contributed by atoms with Crippen molar-refractivity contribution in [1.29, 1.82) is 0 Å². The molecule has 4 aliphatic rings. The van der Waals surface area contributed by atoms with Gasteiger partial charge >= 0.3 is 0 Å². The summed E-state index contributed by atoms with van der Waals surface area (Å²) in [7, 11) is 0. The molecule has 4 heterocycles. The molecule has 0 bridgehead atoms. The molecule has 0 unspecified atom stereocenters. The molecule has 0 radical (unpaired) electrons. The van der Waals surface area contributed by atoms with Crippen molar-refractivity contribution in [1.82, 2.24) is 0 Å². The van der Waals surface area contributed by atoms with Crippen molar-refractivity contribution in [3.63, 3.8) is 0 Å². The van der Waals surface area contributed by atoms with Crippen LogP contribution in [0, 0.1) is 0 Å². The minimum Gasteiger partial charge on any atom is -0.486 e. The first-order valence-corrected chi connectivity index (χ1v) is 12.0. The standard InChI is InChI=1S/C14H10O2S6/c1-2-16-8-6-10-9(5-7(8)15-1)19-13(20-10)14-21-11-12(22-14)18-4-3-17-11/h5-6H,1-4H2. The highest BCUT2D eigenvalue weighted by Gasteiger charge is 2.31. The van der Waals surface area contributed by atoms with Gasteiger partial charge in [0.1, 0.15) is 13.2 Å². The number of rotatable bonds is 0. The van der Waals surface area contributed by atoms with Crippen molar-refractivity contribution in [2.45, 2.75) is 9.79 Å². The van der Waals surface area contributed by atoms with Gasteiger partial charge in [0.05, 0.1) is 16.9 Å². The van der Waals surface area contributed by atoms with Crippen LogP contribution in [-0.2, 0) is 0 Å². The molecule has 0 amide bonds. The summed E-state index contributed by atoms with van der Waals surface area (Å²) in [6.45, 7) is 1.29. The van der Waals surface area contributed by atoms with Crippen LogP contribution in [0.25, 0.3) is 0 Å². The van der Waals surface area contributed by atoms with Gasteiger partial charge in [0.2, 0.25) is 0 Å². The molecule has 0 saturated heterocycles. The van der Waals surface area contributed by atoms with Gasteiger partial charge in [-0.2, -0.15) is 0 Å². The van der Waals surface area contributed by atoms with Gasteiger partial charge in [0, 0.05) is 21.3 Å². The Morgan fingerprint density at radius 1 is 0.636 bits per heavy atom. The Bertz CT molecular complexity index is 669. The van der Waals surface area contributed by atoms with Crippen LogP contribution in [0.3, 0.4) is 0 Å². The number of hydrogen-bond acceptors (Lipinski definition) is 8. The first-order chi connectivity index (χ1) is 10.9. The van der Waals surface area contributed by atoms with Crippen LogP contribution in [0.4, 0.5) is 0 Å². The second kappa shape index (κ2) is 6.04. The third kappa shape index (κ3) is 2.59. The minimum atomic E-state index is 0.647. The summed E-state index contributed by atoms with van der Waals surface area (Å²) in [5, 5.41) is 0. The Hall–Kier alpha value is 0.400. The lowest BCUT2D eigenvalue weighted by Crippen LogP contribution is -2.15. The third-order valence-electron chi connectivity index (χ3n) is 3.27. The van der Waals surface area contributed by atoms with E-state index in [0.29, 0.717) is 13.2 Å². The first kappa shape index (κ1) is 14.7. The molecule has 0 atom stereocenters. The molecule has 0 spiro atoms. The summed E-state index contributed by atoms with van der Waals surface area (Å²) in [6, 6.07) is 4.27. The van der Waals surface area contributed by atoms with Gasteiger partial charge < -0.3 is 9.47 Å². The summed E-state index contributed by atoms with van der Waals surface area (Å²) in [5.41, 5.74) is 0. The highest BCUT2D eigenvalue weighted by molar-refractivity contribution is 8.42. The van der Waals surface area contributed by atoms with Crippen LogP contribution in [0.1, 0.15) is 0 Å². The van der Waals surface area contributed by atoms with E-state index in [1.54, 1.807) is 0 Å². The van der Waals surface area contributed by atoms with Crippen molar-refractivity contribution >= 4 is 70.6 Å². The lowest BCUT2D eigenvalue weighted by molar-refractivity contribution is 0.170. The zero-order chi connectivity index (χ0) is 14.5. The Kier molecular flexibility index (Phi) is 4.04. The van der Waals surface area contributed by atoms with E-state index in [9.17, 15) is 0 Å². The Morgan fingerprint density at radius 2 is 1.14 bits per heavy atom. The number of benzene rings is 1. The maximum atomic E-state index is 5.70. The van der Waals surface area contributed by atoms with Crippen molar-refractivity contribution in [2.24, 2.45) is 0 Å². The van der Waals surface area contributed by atoms with Crippen molar-refractivity contribution in [3.8, 4) is 11.5 Å². The second-order valence-electron chi connectivity index (χ2n) is 4.70. The molecular weight excluding hydrogens is 393 g/mol. The van der Waals surface area contributed by atoms with E-state index in [2.05, 4.69) is 12.1 Å². The fourth-order valence-corrected chi connectivity index (χ4v) is 11.1. The lowest BCUT2D eigenvalue weighted by atomic mass is 10.3. The summed E-state index contributed by atoms with van der Waals surface area (Å²) >= 11 is 11.7. The van der Waals surface area contributed by atoms with E-state index >= 15 is 0 Å². The van der Waals surface area contributed by atoms with Crippen LogP contribution >= 0.6 is 70.6 Å². The molecule has 2 nitrogen and oxygen atoms in total. The van der Waals surface area contributed by atoms with E-state index in [4.69, 9.17) is 9.47 Å². The monoisotopic (exact) mass is 402 g/mol. The number of hydrogen-bond donors (Lipinski definition) is 0. The Balaban J connectivity index is 1.44. The topological polar surface area (TPSA) is 18.5 Å².